The topological polar surface area (TPSA) is 103 Å². The number of methoxy groups -OCH3 is 2. The van der Waals surface area contributed by atoms with E-state index >= 15 is 0 Å². The Labute approximate surface area is 194 Å². The van der Waals surface area contributed by atoms with Gasteiger partial charge in [-0.1, -0.05) is 18.8 Å². The molecular formula is C24H26N4O4S. The van der Waals surface area contributed by atoms with Gasteiger partial charge in [-0.15, -0.1) is 0 Å². The Balaban J connectivity index is 2.15. The summed E-state index contributed by atoms with van der Waals surface area (Å²) in [4.78, 5) is 13.2. The first-order valence-electron chi connectivity index (χ1n) is 10.2. The highest BCUT2D eigenvalue weighted by atomic mass is 32.2. The summed E-state index contributed by atoms with van der Waals surface area (Å²) in [5.74, 6) is 7.53. The summed E-state index contributed by atoms with van der Waals surface area (Å²) >= 11 is 0. The third-order valence-corrected chi connectivity index (χ3v) is 5.61. The monoisotopic (exact) mass is 466 g/mol. The number of ether oxygens (including phenoxy) is 2. The number of hydrogen-bond donors (Lipinski definition) is 1. The number of nitrogens with one attached hydrogen (secondary N) is 1. The SMILES string of the molecule is CCc1ncnc(-c2ccc(OC)c(OC)c2C)c1C#Cc1cnc(C)c(NS(C)(=O)=O)c1. The van der Waals surface area contributed by atoms with Crippen molar-refractivity contribution in [3.63, 3.8) is 0 Å². The first-order chi connectivity index (χ1) is 15.7. The van der Waals surface area contributed by atoms with E-state index < -0.39 is 10.0 Å². The van der Waals surface area contributed by atoms with Crippen LogP contribution < -0.4 is 14.2 Å². The van der Waals surface area contributed by atoms with Gasteiger partial charge in [-0.3, -0.25) is 9.71 Å². The van der Waals surface area contributed by atoms with Crippen LogP contribution in [0.3, 0.4) is 0 Å². The molecule has 0 bridgehead atoms. The molecular weight excluding hydrogens is 440 g/mol. The molecule has 33 heavy (non-hydrogen) atoms. The van der Waals surface area contributed by atoms with E-state index in [-0.39, 0.29) is 0 Å². The van der Waals surface area contributed by atoms with Gasteiger partial charge in [-0.05, 0) is 38.5 Å². The van der Waals surface area contributed by atoms with Gasteiger partial charge < -0.3 is 9.47 Å². The summed E-state index contributed by atoms with van der Waals surface area (Å²) in [5.41, 5.74) is 5.41. The van der Waals surface area contributed by atoms with Gasteiger partial charge in [0.25, 0.3) is 0 Å². The molecule has 172 valence electrons. The molecule has 0 saturated carbocycles. The third kappa shape index (κ3) is 5.41. The normalized spacial score (nSPS) is 10.8. The Morgan fingerprint density at radius 3 is 2.45 bits per heavy atom. The van der Waals surface area contributed by atoms with Crippen LogP contribution in [-0.4, -0.2) is 43.8 Å². The zero-order valence-electron chi connectivity index (χ0n) is 19.5. The highest BCUT2D eigenvalue weighted by Crippen LogP contribution is 2.38. The lowest BCUT2D eigenvalue weighted by Crippen LogP contribution is -2.11. The van der Waals surface area contributed by atoms with Crippen LogP contribution in [0.25, 0.3) is 11.3 Å². The van der Waals surface area contributed by atoms with E-state index in [0.717, 1.165) is 23.1 Å². The minimum Gasteiger partial charge on any atom is -0.493 e. The fraction of sp³-hybridized carbons (Fsp3) is 0.292. The van der Waals surface area contributed by atoms with Crippen molar-refractivity contribution in [3.05, 3.63) is 58.8 Å². The molecule has 0 amide bonds. The van der Waals surface area contributed by atoms with Gasteiger partial charge in [0.2, 0.25) is 10.0 Å². The minimum atomic E-state index is -3.43. The first kappa shape index (κ1) is 24.0. The van der Waals surface area contributed by atoms with Crippen molar-refractivity contribution in [1.82, 2.24) is 15.0 Å². The van der Waals surface area contributed by atoms with Crippen molar-refractivity contribution in [2.45, 2.75) is 27.2 Å². The van der Waals surface area contributed by atoms with Crippen molar-refractivity contribution in [3.8, 4) is 34.6 Å². The highest BCUT2D eigenvalue weighted by Gasteiger charge is 2.17. The molecule has 3 aromatic rings. The molecule has 2 aromatic heterocycles. The van der Waals surface area contributed by atoms with Crippen LogP contribution in [0.4, 0.5) is 5.69 Å². The predicted octanol–water partition coefficient (Wildman–Crippen LogP) is 3.51. The molecule has 1 N–H and O–H groups in total. The van der Waals surface area contributed by atoms with Crippen LogP contribution >= 0.6 is 0 Å². The van der Waals surface area contributed by atoms with Crippen LogP contribution in [-0.2, 0) is 16.4 Å². The predicted molar refractivity (Wildman–Crippen MR) is 128 cm³/mol. The van der Waals surface area contributed by atoms with Crippen molar-refractivity contribution in [2.75, 3.05) is 25.2 Å². The second-order valence-electron chi connectivity index (χ2n) is 7.35. The number of aromatic nitrogens is 3. The average Bonchev–Trinajstić information content (AvgIpc) is 2.78. The van der Waals surface area contributed by atoms with Crippen LogP contribution in [0.1, 0.15) is 35.0 Å². The molecule has 0 aliphatic rings. The first-order valence-corrected chi connectivity index (χ1v) is 12.1. The van der Waals surface area contributed by atoms with Crippen molar-refractivity contribution >= 4 is 15.7 Å². The van der Waals surface area contributed by atoms with Crippen molar-refractivity contribution in [2.24, 2.45) is 0 Å². The average molecular weight is 467 g/mol. The number of rotatable bonds is 6. The van der Waals surface area contributed by atoms with E-state index in [1.807, 2.05) is 26.0 Å². The molecule has 0 unspecified atom stereocenters. The van der Waals surface area contributed by atoms with E-state index in [1.165, 1.54) is 6.33 Å². The lowest BCUT2D eigenvalue weighted by molar-refractivity contribution is 0.353. The minimum absolute atomic E-state index is 0.389. The molecule has 0 spiro atoms. The lowest BCUT2D eigenvalue weighted by atomic mass is 9.98. The Morgan fingerprint density at radius 1 is 1.06 bits per heavy atom. The molecule has 9 heteroatoms. The standard InChI is InChI=1S/C24H26N4O4S/c1-7-20-19(9-8-17-12-21(16(3)25-13-17)28-33(6,29)30)23(27-14-26-20)18-10-11-22(31-4)24(32-5)15(18)2/h10-14,28H,7H2,1-6H3. The maximum Gasteiger partial charge on any atom is 0.229 e. The third-order valence-electron chi connectivity index (χ3n) is 5.02. The van der Waals surface area contributed by atoms with Crippen LogP contribution in [0.15, 0.2) is 30.7 Å². The molecule has 0 aliphatic heterocycles. The number of hydrogen-bond acceptors (Lipinski definition) is 7. The van der Waals surface area contributed by atoms with Gasteiger partial charge >= 0.3 is 0 Å². The Kier molecular flexibility index (Phi) is 7.19. The van der Waals surface area contributed by atoms with Gasteiger partial charge in [0.15, 0.2) is 11.5 Å². The van der Waals surface area contributed by atoms with E-state index in [4.69, 9.17) is 9.47 Å². The molecule has 0 radical (unpaired) electrons. The number of sulfonamides is 1. The molecule has 0 saturated heterocycles. The molecule has 0 aliphatic carbocycles. The summed E-state index contributed by atoms with van der Waals surface area (Å²) in [7, 11) is -0.244. The second kappa shape index (κ2) is 9.88. The summed E-state index contributed by atoms with van der Waals surface area (Å²) < 4.78 is 36.7. The van der Waals surface area contributed by atoms with E-state index in [1.54, 1.807) is 33.4 Å². The van der Waals surface area contributed by atoms with Crippen LogP contribution in [0, 0.1) is 25.7 Å². The number of anilines is 1. The maximum absolute atomic E-state index is 11.6. The van der Waals surface area contributed by atoms with Gasteiger partial charge in [0.05, 0.1) is 48.8 Å². The van der Waals surface area contributed by atoms with Crippen LogP contribution in [0.5, 0.6) is 11.5 Å². The van der Waals surface area contributed by atoms with E-state index in [0.29, 0.717) is 46.1 Å². The van der Waals surface area contributed by atoms with Crippen molar-refractivity contribution < 1.29 is 17.9 Å². The van der Waals surface area contributed by atoms with Gasteiger partial charge in [-0.25, -0.2) is 18.4 Å². The lowest BCUT2D eigenvalue weighted by Gasteiger charge is -2.15. The van der Waals surface area contributed by atoms with Crippen LogP contribution in [0.2, 0.25) is 0 Å². The zero-order chi connectivity index (χ0) is 24.2. The van der Waals surface area contributed by atoms with Gasteiger partial charge in [0.1, 0.15) is 6.33 Å². The second-order valence-corrected chi connectivity index (χ2v) is 9.10. The molecule has 3 rings (SSSR count). The molecule has 2 heterocycles. The maximum atomic E-state index is 11.6. The van der Waals surface area contributed by atoms with Gasteiger partial charge in [-0.2, -0.15) is 0 Å². The van der Waals surface area contributed by atoms with Gasteiger partial charge in [0, 0.05) is 22.9 Å². The Morgan fingerprint density at radius 2 is 1.82 bits per heavy atom. The Hall–Kier alpha value is -3.64. The summed E-state index contributed by atoms with van der Waals surface area (Å²) in [6, 6.07) is 5.41. The zero-order valence-corrected chi connectivity index (χ0v) is 20.3. The number of aryl methyl sites for hydroxylation is 2. The quantitative estimate of drug-likeness (QED) is 0.555. The van der Waals surface area contributed by atoms with E-state index in [9.17, 15) is 8.42 Å². The molecule has 0 atom stereocenters. The molecule has 0 fully saturated rings. The summed E-state index contributed by atoms with van der Waals surface area (Å²) in [5, 5.41) is 0. The smallest absolute Gasteiger partial charge is 0.229 e. The Bertz CT molecular complexity index is 1360. The van der Waals surface area contributed by atoms with Crippen molar-refractivity contribution in [1.29, 1.82) is 0 Å². The number of pyridine rings is 1. The van der Waals surface area contributed by atoms with E-state index in [2.05, 4.69) is 31.5 Å². The molecule has 8 nitrogen and oxygen atoms in total. The number of nitrogens with zero attached hydrogens (tertiary/aromatic N) is 3. The fourth-order valence-corrected chi connectivity index (χ4v) is 4.01. The summed E-state index contributed by atoms with van der Waals surface area (Å²) in [6.07, 6.45) is 4.89. The number of benzene rings is 1. The highest BCUT2D eigenvalue weighted by molar-refractivity contribution is 7.92. The largest absolute Gasteiger partial charge is 0.493 e. The fourth-order valence-electron chi connectivity index (χ4n) is 3.40. The summed E-state index contributed by atoms with van der Waals surface area (Å²) in [6.45, 7) is 5.66. The molecule has 1 aromatic carbocycles.